The first-order valence-electron chi connectivity index (χ1n) is 6.02. The molecule has 1 unspecified atom stereocenters. The Hall–Kier alpha value is -1.09. The normalized spacial score (nSPS) is 20.5. The van der Waals surface area contributed by atoms with Gasteiger partial charge in [0.05, 0.1) is 18.3 Å². The van der Waals surface area contributed by atoms with Crippen LogP contribution in [0.2, 0.25) is 0 Å². The van der Waals surface area contributed by atoms with E-state index in [1.165, 1.54) is 7.11 Å². The molecule has 0 radical (unpaired) electrons. The molecule has 1 aliphatic rings. The van der Waals surface area contributed by atoms with Crippen LogP contribution in [0.4, 0.5) is 8.78 Å². The molecule has 112 valence electrons. The Kier molecular flexibility index (Phi) is 4.38. The van der Waals surface area contributed by atoms with Crippen LogP contribution in [0.25, 0.3) is 0 Å². The van der Waals surface area contributed by atoms with Crippen molar-refractivity contribution < 1.29 is 27.0 Å². The number of aliphatic hydroxyl groups excluding tert-OH is 1. The van der Waals surface area contributed by atoms with E-state index in [4.69, 9.17) is 9.84 Å². The topological polar surface area (TPSA) is 66.8 Å². The van der Waals surface area contributed by atoms with Crippen LogP contribution in [0, 0.1) is 11.6 Å². The average molecular weight is 307 g/mol. The summed E-state index contributed by atoms with van der Waals surface area (Å²) in [6.45, 7) is -0.558. The van der Waals surface area contributed by atoms with Crippen LogP contribution >= 0.6 is 0 Å². The van der Waals surface area contributed by atoms with Crippen molar-refractivity contribution in [2.24, 2.45) is 0 Å². The minimum Gasteiger partial charge on any atom is -0.391 e. The molecule has 0 bridgehead atoms. The van der Waals surface area contributed by atoms with Crippen molar-refractivity contribution in [3.8, 4) is 0 Å². The number of halogens is 2. The largest absolute Gasteiger partial charge is 0.391 e. The molecule has 1 N–H and O–H groups in total. The lowest BCUT2D eigenvalue weighted by molar-refractivity contribution is 0.115. The van der Waals surface area contributed by atoms with E-state index in [1.54, 1.807) is 0 Å². The summed E-state index contributed by atoms with van der Waals surface area (Å²) in [6.07, 6.45) is 0.288. The molecule has 20 heavy (non-hydrogen) atoms. The number of rotatable bonds is 4. The Morgan fingerprint density at radius 1 is 1.45 bits per heavy atom. The zero-order chi connectivity index (χ0) is 14.9. The van der Waals surface area contributed by atoms with Crippen LogP contribution in [0.5, 0.6) is 0 Å². The van der Waals surface area contributed by atoms with Gasteiger partial charge in [-0.2, -0.15) is 4.31 Å². The third-order valence-corrected chi connectivity index (χ3v) is 5.25. The maximum atomic E-state index is 14.0. The quantitative estimate of drug-likeness (QED) is 0.896. The molecule has 2 rings (SSSR count). The van der Waals surface area contributed by atoms with Crippen molar-refractivity contribution >= 4 is 10.0 Å². The van der Waals surface area contributed by atoms with E-state index >= 15 is 0 Å². The van der Waals surface area contributed by atoms with Gasteiger partial charge in [-0.3, -0.25) is 0 Å². The molecule has 0 saturated carbocycles. The lowest BCUT2D eigenvalue weighted by Crippen LogP contribution is -2.31. The highest BCUT2D eigenvalue weighted by atomic mass is 32.2. The number of methoxy groups -OCH3 is 1. The lowest BCUT2D eigenvalue weighted by atomic mass is 10.2. The fourth-order valence-electron chi connectivity index (χ4n) is 2.17. The Labute approximate surface area is 115 Å². The van der Waals surface area contributed by atoms with Crippen LogP contribution in [0.1, 0.15) is 12.0 Å². The number of hydrogen-bond donors (Lipinski definition) is 1. The zero-order valence-electron chi connectivity index (χ0n) is 10.8. The molecular formula is C12H15F2NO4S. The third kappa shape index (κ3) is 2.56. The van der Waals surface area contributed by atoms with Crippen molar-refractivity contribution in [2.45, 2.75) is 24.0 Å². The molecule has 8 heteroatoms. The van der Waals surface area contributed by atoms with Crippen LogP contribution in [-0.4, -0.2) is 44.1 Å². The summed E-state index contributed by atoms with van der Waals surface area (Å²) in [6, 6.07) is 1.71. The van der Waals surface area contributed by atoms with Crippen molar-refractivity contribution in [2.75, 3.05) is 20.2 Å². The summed E-state index contributed by atoms with van der Waals surface area (Å²) < 4.78 is 58.1. The summed E-state index contributed by atoms with van der Waals surface area (Å²) >= 11 is 0. The molecular weight excluding hydrogens is 292 g/mol. The number of nitrogens with zero attached hydrogens (tertiary/aromatic N) is 1. The Bertz CT molecular complexity index is 606. The monoisotopic (exact) mass is 307 g/mol. The van der Waals surface area contributed by atoms with Gasteiger partial charge < -0.3 is 9.84 Å². The van der Waals surface area contributed by atoms with Gasteiger partial charge in [-0.05, 0) is 18.6 Å². The van der Waals surface area contributed by atoms with Gasteiger partial charge in [0.15, 0.2) is 5.82 Å². The highest BCUT2D eigenvalue weighted by molar-refractivity contribution is 7.89. The predicted molar refractivity (Wildman–Crippen MR) is 66.5 cm³/mol. The first-order chi connectivity index (χ1) is 9.41. The fourth-order valence-corrected chi connectivity index (χ4v) is 3.74. The standard InChI is InChI=1S/C12H15F2NO4S/c1-19-8-4-5-15(6-8)20(17,18)11-3-2-10(13)9(7-16)12(11)14/h2-3,8,16H,4-7H2,1H3. The zero-order valence-corrected chi connectivity index (χ0v) is 11.7. The van der Waals surface area contributed by atoms with E-state index in [9.17, 15) is 17.2 Å². The van der Waals surface area contributed by atoms with Crippen LogP contribution in [-0.2, 0) is 21.4 Å². The van der Waals surface area contributed by atoms with Crippen molar-refractivity contribution in [3.63, 3.8) is 0 Å². The van der Waals surface area contributed by atoms with Gasteiger partial charge in [-0.15, -0.1) is 0 Å². The van der Waals surface area contributed by atoms with Crippen molar-refractivity contribution in [3.05, 3.63) is 29.3 Å². The van der Waals surface area contributed by atoms with Gasteiger partial charge in [0.1, 0.15) is 10.7 Å². The molecule has 1 aliphatic heterocycles. The second kappa shape index (κ2) is 5.72. The fraction of sp³-hybridized carbons (Fsp3) is 0.500. The molecule has 0 aromatic heterocycles. The van der Waals surface area contributed by atoms with Gasteiger partial charge in [-0.25, -0.2) is 17.2 Å². The molecule has 0 amide bonds. The minimum atomic E-state index is -4.06. The highest BCUT2D eigenvalue weighted by Gasteiger charge is 2.35. The average Bonchev–Trinajstić information content (AvgIpc) is 2.88. The van der Waals surface area contributed by atoms with Crippen LogP contribution in [0.3, 0.4) is 0 Å². The smallest absolute Gasteiger partial charge is 0.246 e. The van der Waals surface area contributed by atoms with Gasteiger partial charge >= 0.3 is 0 Å². The molecule has 0 aliphatic carbocycles. The minimum absolute atomic E-state index is 0.129. The van der Waals surface area contributed by atoms with Gasteiger partial charge in [0.25, 0.3) is 0 Å². The second-order valence-corrected chi connectivity index (χ2v) is 6.41. The molecule has 1 saturated heterocycles. The number of ether oxygens (including phenoxy) is 1. The molecule has 1 heterocycles. The van der Waals surface area contributed by atoms with Gasteiger partial charge in [0.2, 0.25) is 10.0 Å². The molecule has 1 aromatic carbocycles. The number of sulfonamides is 1. The van der Waals surface area contributed by atoms with Crippen LogP contribution < -0.4 is 0 Å². The molecule has 1 fully saturated rings. The maximum Gasteiger partial charge on any atom is 0.246 e. The van der Waals surface area contributed by atoms with Crippen LogP contribution in [0.15, 0.2) is 17.0 Å². The number of benzene rings is 1. The molecule has 1 atom stereocenters. The molecule has 0 spiro atoms. The summed E-state index contributed by atoms with van der Waals surface area (Å²) in [4.78, 5) is -0.625. The van der Waals surface area contributed by atoms with E-state index in [-0.39, 0.29) is 19.2 Å². The third-order valence-electron chi connectivity index (χ3n) is 3.37. The van der Waals surface area contributed by atoms with E-state index in [0.717, 1.165) is 16.4 Å². The summed E-state index contributed by atoms with van der Waals surface area (Å²) in [5.41, 5.74) is -0.645. The van der Waals surface area contributed by atoms with E-state index in [2.05, 4.69) is 0 Å². The lowest BCUT2D eigenvalue weighted by Gasteiger charge is -2.17. The molecule has 1 aromatic rings. The van der Waals surface area contributed by atoms with Crippen molar-refractivity contribution in [1.29, 1.82) is 0 Å². The first-order valence-corrected chi connectivity index (χ1v) is 7.46. The highest BCUT2D eigenvalue weighted by Crippen LogP contribution is 2.27. The molecule has 5 nitrogen and oxygen atoms in total. The van der Waals surface area contributed by atoms with Gasteiger partial charge in [-0.1, -0.05) is 0 Å². The van der Waals surface area contributed by atoms with Crippen molar-refractivity contribution in [1.82, 2.24) is 4.31 Å². The number of hydrogen-bond acceptors (Lipinski definition) is 4. The van der Waals surface area contributed by atoms with E-state index in [1.807, 2.05) is 0 Å². The van der Waals surface area contributed by atoms with E-state index < -0.39 is 38.7 Å². The second-order valence-electron chi connectivity index (χ2n) is 4.51. The SMILES string of the molecule is COC1CCN(S(=O)(=O)c2ccc(F)c(CO)c2F)C1. The Morgan fingerprint density at radius 3 is 2.70 bits per heavy atom. The summed E-state index contributed by atoms with van der Waals surface area (Å²) in [5, 5.41) is 8.93. The Balaban J connectivity index is 2.41. The number of aliphatic hydroxyl groups is 1. The Morgan fingerprint density at radius 2 is 2.15 bits per heavy atom. The summed E-state index contributed by atoms with van der Waals surface area (Å²) in [7, 11) is -2.59. The van der Waals surface area contributed by atoms with E-state index in [0.29, 0.717) is 6.42 Å². The van der Waals surface area contributed by atoms with Gasteiger partial charge in [0, 0.05) is 20.2 Å². The predicted octanol–water partition coefficient (Wildman–Crippen LogP) is 0.867. The maximum absolute atomic E-state index is 14.0. The summed E-state index contributed by atoms with van der Waals surface area (Å²) in [5.74, 6) is -2.21. The first kappa shape index (κ1) is 15.3.